The number of hydrogen-bond donors (Lipinski definition) is 1. The second kappa shape index (κ2) is 7.95. The summed E-state index contributed by atoms with van der Waals surface area (Å²) >= 11 is 11.5. The standard InChI is InChI=1S/C19H16ClN3O4S/c1-11-16(18(24)27-2)17(12-4-3-5-15(10-12)23(25)26)21-19(28)22(11)14-8-6-13(20)7-9-14/h3-10,17H,1-2H3,(H,21,28). The summed E-state index contributed by atoms with van der Waals surface area (Å²) < 4.78 is 4.97. The van der Waals surface area contributed by atoms with Gasteiger partial charge >= 0.3 is 5.97 Å². The first-order chi connectivity index (χ1) is 13.3. The van der Waals surface area contributed by atoms with Crippen molar-refractivity contribution in [1.29, 1.82) is 0 Å². The molecule has 0 aromatic heterocycles. The quantitative estimate of drug-likeness (QED) is 0.346. The molecule has 1 aliphatic heterocycles. The van der Waals surface area contributed by atoms with Gasteiger partial charge in [-0.1, -0.05) is 23.7 Å². The number of anilines is 1. The van der Waals surface area contributed by atoms with Gasteiger partial charge in [-0.2, -0.15) is 0 Å². The van der Waals surface area contributed by atoms with Crippen LogP contribution in [0.5, 0.6) is 0 Å². The predicted molar refractivity (Wildman–Crippen MR) is 110 cm³/mol. The van der Waals surface area contributed by atoms with E-state index >= 15 is 0 Å². The van der Waals surface area contributed by atoms with Crippen LogP contribution < -0.4 is 10.2 Å². The number of esters is 1. The lowest BCUT2D eigenvalue weighted by molar-refractivity contribution is -0.384. The van der Waals surface area contributed by atoms with Crippen LogP contribution in [0.4, 0.5) is 11.4 Å². The van der Waals surface area contributed by atoms with Crippen LogP contribution in [-0.4, -0.2) is 23.1 Å². The van der Waals surface area contributed by atoms with Crippen molar-refractivity contribution in [3.8, 4) is 0 Å². The minimum atomic E-state index is -0.677. The van der Waals surface area contributed by atoms with E-state index in [1.807, 2.05) is 0 Å². The zero-order chi connectivity index (χ0) is 20.4. The molecule has 0 spiro atoms. The third-order valence-corrected chi connectivity index (χ3v) is 4.94. The number of thiocarbonyl (C=S) groups is 1. The predicted octanol–water partition coefficient (Wildman–Crippen LogP) is 4.13. The van der Waals surface area contributed by atoms with Gasteiger partial charge in [-0.3, -0.25) is 15.0 Å². The fraction of sp³-hybridized carbons (Fsp3) is 0.158. The molecule has 1 aliphatic rings. The number of nitrogens with zero attached hydrogens (tertiary/aromatic N) is 2. The number of nitro groups is 1. The highest BCUT2D eigenvalue weighted by molar-refractivity contribution is 7.80. The van der Waals surface area contributed by atoms with E-state index in [1.54, 1.807) is 48.2 Å². The van der Waals surface area contributed by atoms with Crippen molar-refractivity contribution < 1.29 is 14.5 Å². The van der Waals surface area contributed by atoms with Gasteiger partial charge in [0.2, 0.25) is 0 Å². The van der Waals surface area contributed by atoms with Crippen LogP contribution in [0.15, 0.2) is 59.8 Å². The van der Waals surface area contributed by atoms with Gasteiger partial charge in [0, 0.05) is 28.5 Å². The third-order valence-electron chi connectivity index (χ3n) is 4.39. The molecule has 28 heavy (non-hydrogen) atoms. The van der Waals surface area contributed by atoms with Crippen LogP contribution in [0.2, 0.25) is 5.02 Å². The van der Waals surface area contributed by atoms with Crippen molar-refractivity contribution in [3.05, 3.63) is 80.5 Å². The molecule has 0 saturated heterocycles. The Morgan fingerprint density at radius 2 is 1.96 bits per heavy atom. The monoisotopic (exact) mass is 417 g/mol. The van der Waals surface area contributed by atoms with E-state index in [2.05, 4.69) is 5.32 Å². The Bertz CT molecular complexity index is 991. The number of benzene rings is 2. The Hall–Kier alpha value is -2.97. The minimum Gasteiger partial charge on any atom is -0.466 e. The van der Waals surface area contributed by atoms with Crippen LogP contribution in [0.25, 0.3) is 0 Å². The van der Waals surface area contributed by atoms with E-state index in [0.717, 1.165) is 5.69 Å². The van der Waals surface area contributed by atoms with Gasteiger partial charge in [0.25, 0.3) is 5.69 Å². The summed E-state index contributed by atoms with van der Waals surface area (Å²) in [7, 11) is 1.28. The number of nitrogens with one attached hydrogen (secondary N) is 1. The summed E-state index contributed by atoms with van der Waals surface area (Å²) in [5, 5.41) is 15.2. The van der Waals surface area contributed by atoms with Gasteiger partial charge in [0.1, 0.15) is 0 Å². The summed E-state index contributed by atoms with van der Waals surface area (Å²) in [5.41, 5.74) is 2.05. The molecule has 0 saturated carbocycles. The highest BCUT2D eigenvalue weighted by Crippen LogP contribution is 2.35. The third kappa shape index (κ3) is 3.69. The maximum absolute atomic E-state index is 12.6. The van der Waals surface area contributed by atoms with Gasteiger partial charge in [-0.05, 0) is 49.0 Å². The molecule has 0 fully saturated rings. The molecule has 144 valence electrons. The lowest BCUT2D eigenvalue weighted by Gasteiger charge is -2.37. The molecule has 1 unspecified atom stereocenters. The summed E-state index contributed by atoms with van der Waals surface area (Å²) in [4.78, 5) is 24.9. The van der Waals surface area contributed by atoms with E-state index in [-0.39, 0.29) is 5.69 Å². The molecule has 3 rings (SSSR count). The molecule has 0 aliphatic carbocycles. The topological polar surface area (TPSA) is 84.7 Å². The number of allylic oxidation sites excluding steroid dienone is 1. The van der Waals surface area contributed by atoms with E-state index in [0.29, 0.717) is 27.0 Å². The van der Waals surface area contributed by atoms with Crippen molar-refractivity contribution in [2.24, 2.45) is 0 Å². The van der Waals surface area contributed by atoms with Gasteiger partial charge in [0.05, 0.1) is 23.6 Å². The summed E-state index contributed by atoms with van der Waals surface area (Å²) in [6, 6.07) is 12.4. The molecule has 0 radical (unpaired) electrons. The Morgan fingerprint density at radius 3 is 2.57 bits per heavy atom. The number of methoxy groups -OCH3 is 1. The number of carbonyl (C=O) groups is 1. The smallest absolute Gasteiger partial charge is 0.337 e. The molecule has 9 heteroatoms. The summed E-state index contributed by atoms with van der Waals surface area (Å²) in [6.45, 7) is 1.75. The average Bonchev–Trinajstić information content (AvgIpc) is 2.68. The fourth-order valence-corrected chi connectivity index (χ4v) is 3.57. The second-order valence-corrected chi connectivity index (χ2v) is 6.86. The van der Waals surface area contributed by atoms with Crippen molar-refractivity contribution in [2.75, 3.05) is 12.0 Å². The van der Waals surface area contributed by atoms with E-state index in [1.165, 1.54) is 19.2 Å². The molecular formula is C19H16ClN3O4S. The van der Waals surface area contributed by atoms with Crippen molar-refractivity contribution in [3.63, 3.8) is 0 Å². The Morgan fingerprint density at radius 1 is 1.29 bits per heavy atom. The van der Waals surface area contributed by atoms with Crippen LogP contribution in [0.3, 0.4) is 0 Å². The SMILES string of the molecule is COC(=O)C1=C(C)N(c2ccc(Cl)cc2)C(=S)NC1c1cccc([N+](=O)[O-])c1. The number of carbonyl (C=O) groups excluding carboxylic acids is 1. The molecule has 1 heterocycles. The molecule has 7 nitrogen and oxygen atoms in total. The Kier molecular flexibility index (Phi) is 5.62. The first kappa shape index (κ1) is 19.8. The molecular weight excluding hydrogens is 402 g/mol. The first-order valence-corrected chi connectivity index (χ1v) is 9.01. The van der Waals surface area contributed by atoms with Crippen LogP contribution in [0.1, 0.15) is 18.5 Å². The van der Waals surface area contributed by atoms with E-state index < -0.39 is 16.9 Å². The largest absolute Gasteiger partial charge is 0.466 e. The highest BCUT2D eigenvalue weighted by atomic mass is 35.5. The van der Waals surface area contributed by atoms with Crippen molar-refractivity contribution in [2.45, 2.75) is 13.0 Å². The number of ether oxygens (including phenoxy) is 1. The van der Waals surface area contributed by atoms with Gasteiger partial charge in [0.15, 0.2) is 5.11 Å². The van der Waals surface area contributed by atoms with Crippen LogP contribution in [-0.2, 0) is 9.53 Å². The van der Waals surface area contributed by atoms with E-state index in [4.69, 9.17) is 28.6 Å². The zero-order valence-corrected chi connectivity index (χ0v) is 16.6. The zero-order valence-electron chi connectivity index (χ0n) is 15.0. The maximum Gasteiger partial charge on any atom is 0.337 e. The molecule has 0 bridgehead atoms. The van der Waals surface area contributed by atoms with E-state index in [9.17, 15) is 14.9 Å². The van der Waals surface area contributed by atoms with Gasteiger partial charge in [-0.15, -0.1) is 0 Å². The average molecular weight is 418 g/mol. The maximum atomic E-state index is 12.6. The molecule has 1 atom stereocenters. The van der Waals surface area contributed by atoms with Crippen molar-refractivity contribution >= 4 is 46.3 Å². The first-order valence-electron chi connectivity index (χ1n) is 8.23. The normalized spacial score (nSPS) is 16.6. The van der Waals surface area contributed by atoms with Gasteiger partial charge in [-0.25, -0.2) is 4.79 Å². The molecule has 2 aromatic carbocycles. The van der Waals surface area contributed by atoms with Gasteiger partial charge < -0.3 is 10.1 Å². The summed E-state index contributed by atoms with van der Waals surface area (Å²) in [6.07, 6.45) is 0. The van der Waals surface area contributed by atoms with Crippen LogP contribution >= 0.6 is 23.8 Å². The minimum absolute atomic E-state index is 0.0766. The molecule has 1 N–H and O–H groups in total. The number of halogens is 1. The Labute approximate surface area is 171 Å². The molecule has 0 amide bonds. The second-order valence-electron chi connectivity index (χ2n) is 6.04. The lowest BCUT2D eigenvalue weighted by Crippen LogP contribution is -2.48. The number of nitro benzene ring substituents is 1. The van der Waals surface area contributed by atoms with Crippen LogP contribution in [0, 0.1) is 10.1 Å². The lowest BCUT2D eigenvalue weighted by atomic mass is 9.94. The number of non-ortho nitro benzene ring substituents is 1. The Balaban J connectivity index is 2.14. The fourth-order valence-electron chi connectivity index (χ4n) is 3.09. The summed E-state index contributed by atoms with van der Waals surface area (Å²) in [5.74, 6) is -0.553. The number of rotatable bonds is 4. The highest BCUT2D eigenvalue weighted by Gasteiger charge is 2.35. The number of hydrogen-bond acceptors (Lipinski definition) is 5. The molecule has 2 aromatic rings. The van der Waals surface area contributed by atoms with Crippen molar-refractivity contribution in [1.82, 2.24) is 5.32 Å².